The van der Waals surface area contributed by atoms with Crippen LogP contribution in [0, 0.1) is 0 Å². The second kappa shape index (κ2) is 2.09. The van der Waals surface area contributed by atoms with Gasteiger partial charge in [0.1, 0.15) is 11.3 Å². The van der Waals surface area contributed by atoms with Crippen LogP contribution in [0.2, 0.25) is 0 Å². The van der Waals surface area contributed by atoms with E-state index in [4.69, 9.17) is 0 Å². The molecule has 0 saturated heterocycles. The van der Waals surface area contributed by atoms with E-state index in [0.717, 1.165) is 5.03 Å². The molecule has 0 saturated carbocycles. The fraction of sp³-hybridized carbons (Fsp3) is 0.250. The molecule has 1 heterocycles. The molecule has 1 rings (SSSR count). The van der Waals surface area contributed by atoms with Gasteiger partial charge in [-0.15, -0.1) is 11.8 Å². The van der Waals surface area contributed by atoms with Gasteiger partial charge in [0.15, 0.2) is 0 Å². The number of H-pyrrole nitrogens is 1. The lowest BCUT2D eigenvalue weighted by atomic mass is 11.0. The van der Waals surface area contributed by atoms with Crippen LogP contribution in [0.3, 0.4) is 0 Å². The molecule has 0 bridgehead atoms. The molecule has 4 heteroatoms. The Kier molecular flexibility index (Phi) is 1.43. The third-order valence-corrected chi connectivity index (χ3v) is 1.36. The first-order chi connectivity index (χ1) is 3.83. The summed E-state index contributed by atoms with van der Waals surface area (Å²) in [7, 11) is 0. The van der Waals surface area contributed by atoms with E-state index in [2.05, 4.69) is 9.40 Å². The maximum Gasteiger partial charge on any atom is 0.417 e. The first kappa shape index (κ1) is 5.50. The standard InChI is InChI=1S/C4H5NO2S/c1-8-3-2-7-4(6)5-3/h2H,1H3,(H,5,6). The Hall–Kier alpha value is -0.640. The molecule has 0 spiro atoms. The van der Waals surface area contributed by atoms with Crippen LogP contribution in [0.4, 0.5) is 0 Å². The van der Waals surface area contributed by atoms with Gasteiger partial charge in [0.2, 0.25) is 0 Å². The Morgan fingerprint density at radius 2 is 2.62 bits per heavy atom. The number of hydrogen-bond donors (Lipinski definition) is 1. The molecule has 1 N–H and O–H groups in total. The zero-order valence-electron chi connectivity index (χ0n) is 4.30. The molecule has 44 valence electrons. The smallest absolute Gasteiger partial charge is 0.415 e. The lowest BCUT2D eigenvalue weighted by Crippen LogP contribution is -1.93. The molecule has 0 radical (unpaired) electrons. The summed E-state index contributed by atoms with van der Waals surface area (Å²) in [6, 6.07) is 0. The lowest BCUT2D eigenvalue weighted by Gasteiger charge is -1.77. The normalized spacial score (nSPS) is 9.62. The molecule has 0 amide bonds. The van der Waals surface area contributed by atoms with Crippen LogP contribution in [0.5, 0.6) is 0 Å². The Morgan fingerprint density at radius 1 is 1.88 bits per heavy atom. The molecule has 3 nitrogen and oxygen atoms in total. The number of aromatic amines is 1. The minimum absolute atomic E-state index is 0.394. The maximum atomic E-state index is 10.2. The summed E-state index contributed by atoms with van der Waals surface area (Å²) < 4.78 is 4.42. The second-order valence-corrected chi connectivity index (χ2v) is 2.06. The molecule has 0 aliphatic heterocycles. The maximum absolute atomic E-state index is 10.2. The Balaban J connectivity index is 3.01. The van der Waals surface area contributed by atoms with Gasteiger partial charge in [-0.05, 0) is 6.26 Å². The van der Waals surface area contributed by atoms with Gasteiger partial charge in [-0.1, -0.05) is 0 Å². The molecule has 0 aliphatic carbocycles. The van der Waals surface area contributed by atoms with Gasteiger partial charge < -0.3 is 4.42 Å². The molecule has 0 atom stereocenters. The van der Waals surface area contributed by atoms with Crippen LogP contribution in [0.15, 0.2) is 20.5 Å². The summed E-state index contributed by atoms with van der Waals surface area (Å²) >= 11 is 1.44. The van der Waals surface area contributed by atoms with Gasteiger partial charge in [-0.2, -0.15) is 0 Å². The summed E-state index contributed by atoms with van der Waals surface area (Å²) in [6.45, 7) is 0. The topological polar surface area (TPSA) is 46.0 Å². The third-order valence-electron chi connectivity index (χ3n) is 0.718. The first-order valence-electron chi connectivity index (χ1n) is 2.04. The number of oxazole rings is 1. The number of aromatic nitrogens is 1. The highest BCUT2D eigenvalue weighted by Gasteiger charge is 1.90. The van der Waals surface area contributed by atoms with E-state index in [1.165, 1.54) is 18.0 Å². The average molecular weight is 131 g/mol. The van der Waals surface area contributed by atoms with E-state index < -0.39 is 5.76 Å². The molecule has 8 heavy (non-hydrogen) atoms. The Morgan fingerprint density at radius 3 is 2.88 bits per heavy atom. The van der Waals surface area contributed by atoms with Crippen molar-refractivity contribution < 1.29 is 4.42 Å². The van der Waals surface area contributed by atoms with Crippen LogP contribution in [0.1, 0.15) is 0 Å². The largest absolute Gasteiger partial charge is 0.417 e. The lowest BCUT2D eigenvalue weighted by molar-refractivity contribution is 0.514. The van der Waals surface area contributed by atoms with Gasteiger partial charge >= 0.3 is 5.76 Å². The molecule has 1 aromatic heterocycles. The molecule has 0 unspecified atom stereocenters. The van der Waals surface area contributed by atoms with E-state index in [-0.39, 0.29) is 0 Å². The van der Waals surface area contributed by atoms with Crippen LogP contribution in [0.25, 0.3) is 0 Å². The van der Waals surface area contributed by atoms with Crippen molar-refractivity contribution >= 4 is 11.8 Å². The van der Waals surface area contributed by atoms with Gasteiger partial charge in [-0.3, -0.25) is 4.98 Å². The SMILES string of the molecule is CSc1coc(=O)[nH]1. The van der Waals surface area contributed by atoms with Crippen LogP contribution >= 0.6 is 11.8 Å². The van der Waals surface area contributed by atoms with Crippen LogP contribution in [-0.4, -0.2) is 11.2 Å². The summed E-state index contributed by atoms with van der Waals surface area (Å²) in [5, 5.41) is 0.759. The Labute approximate surface area is 50.1 Å². The van der Waals surface area contributed by atoms with Crippen LogP contribution in [-0.2, 0) is 0 Å². The molecular formula is C4H5NO2S. The van der Waals surface area contributed by atoms with Crippen molar-refractivity contribution in [3.8, 4) is 0 Å². The van der Waals surface area contributed by atoms with Gasteiger partial charge in [0, 0.05) is 0 Å². The number of thioether (sulfide) groups is 1. The van der Waals surface area contributed by atoms with E-state index in [0.29, 0.717) is 0 Å². The van der Waals surface area contributed by atoms with E-state index in [9.17, 15) is 4.79 Å². The molecular weight excluding hydrogens is 126 g/mol. The van der Waals surface area contributed by atoms with Gasteiger partial charge in [-0.25, -0.2) is 4.79 Å². The van der Waals surface area contributed by atoms with Crippen molar-refractivity contribution in [3.05, 3.63) is 16.8 Å². The van der Waals surface area contributed by atoms with Gasteiger partial charge in [0.05, 0.1) is 0 Å². The quantitative estimate of drug-likeness (QED) is 0.570. The highest BCUT2D eigenvalue weighted by atomic mass is 32.2. The zero-order valence-corrected chi connectivity index (χ0v) is 5.12. The first-order valence-corrected chi connectivity index (χ1v) is 3.27. The Bertz CT molecular complexity index is 214. The molecule has 0 aliphatic rings. The van der Waals surface area contributed by atoms with Crippen molar-refractivity contribution in [2.75, 3.05) is 6.26 Å². The average Bonchev–Trinajstić information content (AvgIpc) is 2.14. The summed E-state index contributed by atoms with van der Waals surface area (Å²) in [5.41, 5.74) is 0. The fourth-order valence-electron chi connectivity index (χ4n) is 0.366. The van der Waals surface area contributed by atoms with Gasteiger partial charge in [0.25, 0.3) is 0 Å². The second-order valence-electron chi connectivity index (χ2n) is 1.22. The number of rotatable bonds is 1. The third kappa shape index (κ3) is 0.949. The van der Waals surface area contributed by atoms with Crippen molar-refractivity contribution in [3.63, 3.8) is 0 Å². The minimum atomic E-state index is -0.394. The van der Waals surface area contributed by atoms with Crippen molar-refractivity contribution in [1.29, 1.82) is 0 Å². The summed E-state index contributed by atoms with van der Waals surface area (Å²) in [6.07, 6.45) is 3.26. The highest BCUT2D eigenvalue weighted by molar-refractivity contribution is 7.98. The van der Waals surface area contributed by atoms with Crippen LogP contribution < -0.4 is 5.76 Å². The van der Waals surface area contributed by atoms with E-state index in [1.807, 2.05) is 6.26 Å². The predicted molar refractivity (Wildman–Crippen MR) is 31.1 cm³/mol. The van der Waals surface area contributed by atoms with Crippen molar-refractivity contribution in [2.24, 2.45) is 0 Å². The zero-order chi connectivity index (χ0) is 5.98. The summed E-state index contributed by atoms with van der Waals surface area (Å²) in [4.78, 5) is 12.7. The fourth-order valence-corrected chi connectivity index (χ4v) is 0.695. The number of hydrogen-bond acceptors (Lipinski definition) is 3. The van der Waals surface area contributed by atoms with Crippen molar-refractivity contribution in [1.82, 2.24) is 4.98 Å². The predicted octanol–water partition coefficient (Wildman–Crippen LogP) is 0.690. The monoisotopic (exact) mass is 131 g/mol. The number of nitrogens with one attached hydrogen (secondary N) is 1. The molecule has 0 fully saturated rings. The van der Waals surface area contributed by atoms with E-state index in [1.54, 1.807) is 0 Å². The summed E-state index contributed by atoms with van der Waals surface area (Å²) in [5.74, 6) is -0.394. The van der Waals surface area contributed by atoms with Crippen molar-refractivity contribution in [2.45, 2.75) is 5.03 Å². The van der Waals surface area contributed by atoms with E-state index >= 15 is 0 Å². The minimum Gasteiger partial charge on any atom is -0.415 e. The molecule has 0 aromatic carbocycles. The highest BCUT2D eigenvalue weighted by Crippen LogP contribution is 2.06. The molecule has 1 aromatic rings.